The molecule has 2 unspecified atom stereocenters. The molecule has 0 aliphatic carbocycles. The van der Waals surface area contributed by atoms with Crippen molar-refractivity contribution >= 4 is 30.1 Å². The third-order valence-corrected chi connectivity index (χ3v) is 4.41. The van der Waals surface area contributed by atoms with Crippen molar-refractivity contribution < 1.29 is 4.79 Å². The molecule has 0 N–H and O–H groups in total. The second-order valence-electron chi connectivity index (χ2n) is 5.16. The predicted molar refractivity (Wildman–Crippen MR) is 77.6 cm³/mol. The minimum Gasteiger partial charge on any atom is -0.338 e. The lowest BCUT2D eigenvalue weighted by Crippen LogP contribution is -2.42. The molecular weight excluding hydrogens is 266 g/mol. The van der Waals surface area contributed by atoms with Crippen molar-refractivity contribution in [2.75, 3.05) is 13.1 Å². The smallest absolute Gasteiger partial charge is 0.255 e. The minimum absolute atomic E-state index is 0.0228. The monoisotopic (exact) mass is 283 g/mol. The van der Waals surface area contributed by atoms with E-state index in [9.17, 15) is 4.79 Å². The highest BCUT2D eigenvalue weighted by molar-refractivity contribution is 7.80. The highest BCUT2D eigenvalue weighted by Crippen LogP contribution is 2.26. The summed E-state index contributed by atoms with van der Waals surface area (Å²) in [4.78, 5) is 15.1. The van der Waals surface area contributed by atoms with Gasteiger partial charge in [-0.2, -0.15) is 0 Å². The van der Waals surface area contributed by atoms with Crippen molar-refractivity contribution in [3.63, 3.8) is 0 Å². The molecule has 0 radical (unpaired) electrons. The Labute approximate surface area is 119 Å². The van der Waals surface area contributed by atoms with Gasteiger partial charge in [0.25, 0.3) is 5.91 Å². The van der Waals surface area contributed by atoms with Gasteiger partial charge in [-0.25, -0.2) is 0 Å². The second kappa shape index (κ2) is 5.54. The van der Waals surface area contributed by atoms with Crippen LogP contribution in [0.2, 0.25) is 5.02 Å². The van der Waals surface area contributed by atoms with Crippen molar-refractivity contribution in [2.24, 2.45) is 11.8 Å². The lowest BCUT2D eigenvalue weighted by Gasteiger charge is -2.35. The maximum absolute atomic E-state index is 12.4. The zero-order valence-corrected chi connectivity index (χ0v) is 12.3. The van der Waals surface area contributed by atoms with E-state index >= 15 is 0 Å². The van der Waals surface area contributed by atoms with E-state index in [2.05, 4.69) is 26.5 Å². The fraction of sp³-hybridized carbons (Fsp3) is 0.500. The molecule has 0 aromatic heterocycles. The average Bonchev–Trinajstić information content (AvgIpc) is 2.35. The first kappa shape index (κ1) is 13.8. The summed E-state index contributed by atoms with van der Waals surface area (Å²) in [5.41, 5.74) is 0.561. The van der Waals surface area contributed by atoms with Crippen molar-refractivity contribution in [3.05, 3.63) is 28.8 Å². The number of hydrogen-bond donors (Lipinski definition) is 1. The molecule has 1 aliphatic rings. The number of thiol groups is 1. The number of piperidine rings is 1. The van der Waals surface area contributed by atoms with Crippen LogP contribution in [0.4, 0.5) is 0 Å². The van der Waals surface area contributed by atoms with Gasteiger partial charge in [0.15, 0.2) is 0 Å². The number of nitrogens with zero attached hydrogens (tertiary/aromatic N) is 1. The number of hydrogen-bond acceptors (Lipinski definition) is 2. The molecule has 4 heteroatoms. The van der Waals surface area contributed by atoms with Crippen molar-refractivity contribution in [1.29, 1.82) is 0 Å². The normalized spacial score (nSPS) is 24.1. The van der Waals surface area contributed by atoms with E-state index in [0.717, 1.165) is 24.4 Å². The summed E-state index contributed by atoms with van der Waals surface area (Å²) >= 11 is 10.4. The Hall–Kier alpha value is -0.670. The molecule has 1 amide bonds. The molecule has 98 valence electrons. The molecule has 1 heterocycles. The zero-order chi connectivity index (χ0) is 13.3. The van der Waals surface area contributed by atoms with E-state index in [4.69, 9.17) is 11.6 Å². The van der Waals surface area contributed by atoms with Gasteiger partial charge in [0.2, 0.25) is 0 Å². The Bertz CT molecular complexity index is 463. The fourth-order valence-electron chi connectivity index (χ4n) is 2.29. The molecule has 2 atom stereocenters. The van der Waals surface area contributed by atoms with Gasteiger partial charge in [-0.05, 0) is 36.5 Å². The van der Waals surface area contributed by atoms with E-state index in [1.54, 1.807) is 18.2 Å². The van der Waals surface area contributed by atoms with E-state index in [-0.39, 0.29) is 5.91 Å². The first-order valence-electron chi connectivity index (χ1n) is 6.27. The number of likely N-dealkylation sites (tertiary alicyclic amines) is 1. The maximum Gasteiger partial charge on any atom is 0.255 e. The van der Waals surface area contributed by atoms with Gasteiger partial charge >= 0.3 is 0 Å². The molecule has 0 saturated carbocycles. The second-order valence-corrected chi connectivity index (χ2v) is 6.08. The van der Waals surface area contributed by atoms with Gasteiger partial charge in [0.1, 0.15) is 0 Å². The summed E-state index contributed by atoms with van der Waals surface area (Å²) < 4.78 is 0. The molecule has 18 heavy (non-hydrogen) atoms. The van der Waals surface area contributed by atoms with Crippen LogP contribution in [-0.4, -0.2) is 23.9 Å². The number of amides is 1. The molecule has 1 aromatic rings. The van der Waals surface area contributed by atoms with Crippen LogP contribution in [0.5, 0.6) is 0 Å². The van der Waals surface area contributed by atoms with E-state index in [1.807, 2.05) is 4.90 Å². The number of halogens is 1. The minimum atomic E-state index is 0.0228. The number of carbonyl (C=O) groups excluding carboxylic acids is 1. The molecule has 0 spiro atoms. The number of carbonyl (C=O) groups is 1. The van der Waals surface area contributed by atoms with Gasteiger partial charge in [-0.3, -0.25) is 4.79 Å². The molecule has 2 nitrogen and oxygen atoms in total. The Balaban J connectivity index is 2.19. The van der Waals surface area contributed by atoms with Crippen molar-refractivity contribution in [2.45, 2.75) is 25.2 Å². The molecule has 1 aliphatic heterocycles. The summed E-state index contributed by atoms with van der Waals surface area (Å²) in [6, 6.07) is 5.27. The number of benzene rings is 1. The largest absolute Gasteiger partial charge is 0.338 e. The van der Waals surface area contributed by atoms with Crippen LogP contribution in [-0.2, 0) is 0 Å². The quantitative estimate of drug-likeness (QED) is 0.779. The van der Waals surface area contributed by atoms with Gasteiger partial charge in [0.05, 0.1) is 10.6 Å². The Morgan fingerprint density at radius 1 is 1.39 bits per heavy atom. The molecule has 0 bridgehead atoms. The summed E-state index contributed by atoms with van der Waals surface area (Å²) in [6.45, 7) is 6.07. The first-order chi connectivity index (χ1) is 8.49. The van der Waals surface area contributed by atoms with Gasteiger partial charge in [-0.1, -0.05) is 25.4 Å². The van der Waals surface area contributed by atoms with E-state index < -0.39 is 0 Å². The highest BCUT2D eigenvalue weighted by atomic mass is 35.5. The standard InChI is InChI=1S/C14H18ClNOS/c1-9-5-6-16(8-10(9)2)14(17)12-7-11(18)3-4-13(12)15/h3-4,7,9-10,18H,5-6,8H2,1-2H3. The third kappa shape index (κ3) is 2.83. The van der Waals surface area contributed by atoms with Crippen molar-refractivity contribution in [1.82, 2.24) is 4.90 Å². The van der Waals surface area contributed by atoms with Crippen LogP contribution in [0.1, 0.15) is 30.6 Å². The summed E-state index contributed by atoms with van der Waals surface area (Å²) in [7, 11) is 0. The number of rotatable bonds is 1. The zero-order valence-electron chi connectivity index (χ0n) is 10.7. The fourth-order valence-corrected chi connectivity index (χ4v) is 2.70. The highest BCUT2D eigenvalue weighted by Gasteiger charge is 2.27. The van der Waals surface area contributed by atoms with Crippen LogP contribution in [0.15, 0.2) is 23.1 Å². The Morgan fingerprint density at radius 3 is 2.78 bits per heavy atom. The van der Waals surface area contributed by atoms with Gasteiger partial charge in [0, 0.05) is 18.0 Å². The van der Waals surface area contributed by atoms with Crippen molar-refractivity contribution in [3.8, 4) is 0 Å². The average molecular weight is 284 g/mol. The van der Waals surface area contributed by atoms with E-state index in [0.29, 0.717) is 22.4 Å². The summed E-state index contributed by atoms with van der Waals surface area (Å²) in [5.74, 6) is 1.25. The molecule has 1 saturated heterocycles. The maximum atomic E-state index is 12.4. The first-order valence-corrected chi connectivity index (χ1v) is 7.09. The summed E-state index contributed by atoms with van der Waals surface area (Å²) in [5, 5.41) is 0.504. The lowest BCUT2D eigenvalue weighted by molar-refractivity contribution is 0.0627. The van der Waals surface area contributed by atoms with Crippen LogP contribution < -0.4 is 0 Å². The van der Waals surface area contributed by atoms with Crippen LogP contribution in [0.3, 0.4) is 0 Å². The van der Waals surface area contributed by atoms with Crippen LogP contribution in [0, 0.1) is 11.8 Å². The van der Waals surface area contributed by atoms with E-state index in [1.165, 1.54) is 0 Å². The van der Waals surface area contributed by atoms with Gasteiger partial charge < -0.3 is 4.90 Å². The SMILES string of the molecule is CC1CCN(C(=O)c2cc(S)ccc2Cl)CC1C. The lowest BCUT2D eigenvalue weighted by atomic mass is 9.88. The molecule has 2 rings (SSSR count). The third-order valence-electron chi connectivity index (χ3n) is 3.80. The predicted octanol–water partition coefficient (Wildman–Crippen LogP) is 3.75. The molecule has 1 aromatic carbocycles. The summed E-state index contributed by atoms with van der Waals surface area (Å²) in [6.07, 6.45) is 1.06. The Morgan fingerprint density at radius 2 is 2.11 bits per heavy atom. The molecular formula is C14H18ClNOS. The van der Waals surface area contributed by atoms with Gasteiger partial charge in [-0.15, -0.1) is 12.6 Å². The van der Waals surface area contributed by atoms with Crippen LogP contribution >= 0.6 is 24.2 Å². The van der Waals surface area contributed by atoms with Crippen LogP contribution in [0.25, 0.3) is 0 Å². The Kier molecular flexibility index (Phi) is 4.23. The molecule has 1 fully saturated rings. The topological polar surface area (TPSA) is 20.3 Å².